The van der Waals surface area contributed by atoms with E-state index in [1.54, 1.807) is 0 Å². The molecule has 0 aliphatic heterocycles. The van der Waals surface area contributed by atoms with Crippen LogP contribution in [0.15, 0.2) is 0 Å². The van der Waals surface area contributed by atoms with Crippen molar-refractivity contribution in [3.05, 3.63) is 0 Å². The Morgan fingerprint density at radius 2 is 1.54 bits per heavy atom. The van der Waals surface area contributed by atoms with E-state index in [-0.39, 0.29) is 0 Å². The van der Waals surface area contributed by atoms with Gasteiger partial charge in [0.15, 0.2) is 0 Å². The molecule has 0 radical (unpaired) electrons. The molecule has 1 nitrogen and oxygen atoms in total. The van der Waals surface area contributed by atoms with Crippen molar-refractivity contribution in [3.8, 4) is 0 Å². The third kappa shape index (κ3) is 3.68. The molecule has 0 aromatic carbocycles. The van der Waals surface area contributed by atoms with Gasteiger partial charge in [-0.1, -0.05) is 41.5 Å². The van der Waals surface area contributed by atoms with Crippen LogP contribution in [0.5, 0.6) is 0 Å². The molecule has 0 rings (SSSR count). The first-order valence-electron chi connectivity index (χ1n) is 5.52. The van der Waals surface area contributed by atoms with Crippen LogP contribution in [-0.4, -0.2) is 13.2 Å². The normalized spacial score (nSPS) is 12.9. The molecule has 0 spiro atoms. The molecule has 0 aromatic heterocycles. The number of hydrogen-bond acceptors (Lipinski definition) is 1. The molecule has 80 valence electrons. The summed E-state index contributed by atoms with van der Waals surface area (Å²) in [6, 6.07) is 0. The molecular weight excluding hydrogens is 160 g/mol. The molecular formula is C12H26O. The van der Waals surface area contributed by atoms with Crippen LogP contribution >= 0.6 is 0 Å². The maximum Gasteiger partial charge on any atom is 0.0524 e. The van der Waals surface area contributed by atoms with Crippen LogP contribution in [0.1, 0.15) is 48.0 Å². The highest BCUT2D eigenvalue weighted by atomic mass is 16.5. The first-order valence-corrected chi connectivity index (χ1v) is 5.52. The molecule has 0 aliphatic carbocycles. The van der Waals surface area contributed by atoms with Crippen molar-refractivity contribution in [3.63, 3.8) is 0 Å². The van der Waals surface area contributed by atoms with Crippen molar-refractivity contribution in [2.24, 2.45) is 17.3 Å². The van der Waals surface area contributed by atoms with Gasteiger partial charge in [0.05, 0.1) is 6.61 Å². The minimum absolute atomic E-state index is 0.329. The highest BCUT2D eigenvalue weighted by Gasteiger charge is 2.31. The Hall–Kier alpha value is -0.0400. The number of ether oxygens (including phenoxy) is 1. The van der Waals surface area contributed by atoms with Gasteiger partial charge in [-0.3, -0.25) is 0 Å². The second-order valence-corrected chi connectivity index (χ2v) is 4.87. The Morgan fingerprint density at radius 1 is 1.08 bits per heavy atom. The van der Waals surface area contributed by atoms with Gasteiger partial charge in [0, 0.05) is 6.61 Å². The lowest BCUT2D eigenvalue weighted by Gasteiger charge is -2.37. The average Bonchev–Trinajstić information content (AvgIpc) is 2.03. The maximum absolute atomic E-state index is 5.67. The summed E-state index contributed by atoms with van der Waals surface area (Å²) in [5.41, 5.74) is 0.329. The maximum atomic E-state index is 5.67. The fraction of sp³-hybridized carbons (Fsp3) is 1.00. The highest BCUT2D eigenvalue weighted by molar-refractivity contribution is 4.80. The standard InChI is InChI=1S/C12H26O/c1-7-8-13-9-12(6,10(2)3)11(4)5/h10-11H,7-9H2,1-6H3. The highest BCUT2D eigenvalue weighted by Crippen LogP contribution is 2.35. The molecule has 0 saturated carbocycles. The van der Waals surface area contributed by atoms with Crippen LogP contribution in [0.25, 0.3) is 0 Å². The lowest BCUT2D eigenvalue weighted by atomic mass is 9.71. The van der Waals surface area contributed by atoms with E-state index in [9.17, 15) is 0 Å². The minimum atomic E-state index is 0.329. The number of rotatable bonds is 6. The Kier molecular flexibility index (Phi) is 5.62. The fourth-order valence-corrected chi connectivity index (χ4v) is 1.44. The molecule has 0 atom stereocenters. The predicted octanol–water partition coefficient (Wildman–Crippen LogP) is 3.73. The first-order chi connectivity index (χ1) is 5.95. The lowest BCUT2D eigenvalue weighted by molar-refractivity contribution is -0.00315. The molecule has 1 heteroatoms. The van der Waals surface area contributed by atoms with Crippen LogP contribution in [0, 0.1) is 17.3 Å². The van der Waals surface area contributed by atoms with Gasteiger partial charge in [0.25, 0.3) is 0 Å². The summed E-state index contributed by atoms with van der Waals surface area (Å²) in [6.07, 6.45) is 1.12. The summed E-state index contributed by atoms with van der Waals surface area (Å²) in [4.78, 5) is 0. The predicted molar refractivity (Wildman–Crippen MR) is 58.9 cm³/mol. The van der Waals surface area contributed by atoms with Crippen molar-refractivity contribution >= 4 is 0 Å². The Labute approximate surface area is 83.9 Å². The van der Waals surface area contributed by atoms with Gasteiger partial charge >= 0.3 is 0 Å². The third-order valence-electron chi connectivity index (χ3n) is 3.40. The molecule has 0 N–H and O–H groups in total. The molecule has 0 saturated heterocycles. The van der Waals surface area contributed by atoms with Crippen LogP contribution < -0.4 is 0 Å². The van der Waals surface area contributed by atoms with Gasteiger partial charge in [-0.25, -0.2) is 0 Å². The van der Waals surface area contributed by atoms with Gasteiger partial charge in [0.1, 0.15) is 0 Å². The second kappa shape index (κ2) is 5.64. The second-order valence-electron chi connectivity index (χ2n) is 4.87. The smallest absolute Gasteiger partial charge is 0.0524 e. The van der Waals surface area contributed by atoms with E-state index in [2.05, 4.69) is 41.5 Å². The zero-order chi connectivity index (χ0) is 10.5. The molecule has 0 aliphatic rings. The van der Waals surface area contributed by atoms with Gasteiger partial charge in [-0.05, 0) is 23.7 Å². The monoisotopic (exact) mass is 186 g/mol. The topological polar surface area (TPSA) is 9.23 Å². The first kappa shape index (κ1) is 13.0. The molecule has 0 heterocycles. The van der Waals surface area contributed by atoms with Gasteiger partial charge in [-0.2, -0.15) is 0 Å². The van der Waals surface area contributed by atoms with E-state index in [1.165, 1.54) is 0 Å². The number of hydrogen-bond donors (Lipinski definition) is 0. The molecule has 0 amide bonds. The van der Waals surface area contributed by atoms with E-state index in [0.717, 1.165) is 19.6 Å². The van der Waals surface area contributed by atoms with Crippen molar-refractivity contribution in [1.29, 1.82) is 0 Å². The van der Waals surface area contributed by atoms with E-state index in [1.807, 2.05) is 0 Å². The van der Waals surface area contributed by atoms with Gasteiger partial charge < -0.3 is 4.74 Å². The molecule has 0 fully saturated rings. The fourth-order valence-electron chi connectivity index (χ4n) is 1.44. The summed E-state index contributed by atoms with van der Waals surface area (Å²) in [7, 11) is 0. The summed E-state index contributed by atoms with van der Waals surface area (Å²) in [6.45, 7) is 15.4. The van der Waals surface area contributed by atoms with Crippen molar-refractivity contribution in [1.82, 2.24) is 0 Å². The third-order valence-corrected chi connectivity index (χ3v) is 3.40. The van der Waals surface area contributed by atoms with Crippen LogP contribution in [0.3, 0.4) is 0 Å². The van der Waals surface area contributed by atoms with E-state index in [4.69, 9.17) is 4.74 Å². The van der Waals surface area contributed by atoms with Crippen LogP contribution in [-0.2, 0) is 4.74 Å². The SMILES string of the molecule is CCCOCC(C)(C(C)C)C(C)C. The Balaban J connectivity index is 4.09. The van der Waals surface area contributed by atoms with Crippen molar-refractivity contribution in [2.75, 3.05) is 13.2 Å². The molecule has 0 bridgehead atoms. The minimum Gasteiger partial charge on any atom is -0.381 e. The van der Waals surface area contributed by atoms with E-state index in [0.29, 0.717) is 17.3 Å². The van der Waals surface area contributed by atoms with E-state index >= 15 is 0 Å². The summed E-state index contributed by atoms with van der Waals surface area (Å²) in [5, 5.41) is 0. The largest absolute Gasteiger partial charge is 0.381 e. The van der Waals surface area contributed by atoms with Crippen molar-refractivity contribution < 1.29 is 4.74 Å². The van der Waals surface area contributed by atoms with Gasteiger partial charge in [0.2, 0.25) is 0 Å². The Bertz CT molecular complexity index is 119. The summed E-state index contributed by atoms with van der Waals surface area (Å²) in [5.74, 6) is 1.37. The van der Waals surface area contributed by atoms with Crippen LogP contribution in [0.2, 0.25) is 0 Å². The molecule has 0 aromatic rings. The quantitative estimate of drug-likeness (QED) is 0.574. The average molecular weight is 186 g/mol. The lowest BCUT2D eigenvalue weighted by Crippen LogP contribution is -2.34. The van der Waals surface area contributed by atoms with Gasteiger partial charge in [-0.15, -0.1) is 0 Å². The van der Waals surface area contributed by atoms with Crippen LogP contribution in [0.4, 0.5) is 0 Å². The van der Waals surface area contributed by atoms with E-state index < -0.39 is 0 Å². The summed E-state index contributed by atoms with van der Waals surface area (Å²) >= 11 is 0. The molecule has 13 heavy (non-hydrogen) atoms. The Morgan fingerprint density at radius 3 is 1.85 bits per heavy atom. The zero-order valence-corrected chi connectivity index (χ0v) is 10.2. The zero-order valence-electron chi connectivity index (χ0n) is 10.2. The summed E-state index contributed by atoms with van der Waals surface area (Å²) < 4.78 is 5.67. The molecule has 0 unspecified atom stereocenters. The van der Waals surface area contributed by atoms with Crippen molar-refractivity contribution in [2.45, 2.75) is 48.0 Å².